The van der Waals surface area contributed by atoms with Gasteiger partial charge in [0.1, 0.15) is 54.4 Å². The number of aromatic nitrogens is 3. The number of hydrogen-bond donors (Lipinski definition) is 15. The molecule has 1 aliphatic carbocycles. The summed E-state index contributed by atoms with van der Waals surface area (Å²) < 4.78 is 3.52. The standard InChI is InChI=1S/C83H109ClN20O18S/c1-99-42-51(54-19-5-6-24-63(54)99)37-59-75(114)91-53(40-85)45-123-46-68(107)92-62(35-47-14-9-18-50(34-47)73(88)112)82(121)102(4)65(36-48-15-13-28-89-41-48)79(118)97-61(39-67(87)106)77(116)98-71(49-16-10-17-49)80(119)94-58(23-12-25-66(86)105)81(120)101(3)64(26-27-69(108)109)78(117)96-60(38-52-43-100(2)72-55(52)20-11-21-56(72)84)76(115)93-57(74(113)95-59)22-7-8-29-90-83(122)104-32-30-103(31-33-104)44-70(110)111/h5-6,9,11,13-15,18-21,24,28,34,41-43,49,53,57-62,64-65,71H,7-8,10,12,16-17,22-23,25-27,29-33,35-40,44-46,85H2,1-4H3,(H2,86,105)(H2,87,106)(H2,88,112)(H,90,122)(H,91,114)(H,92,107)(H,93,115)(H,94,119)(H,95,113)(H,96,117)(H,97,118)(H,98,116)(H,108,109)(H,110,111)/t53?,57-,58-,59-,60-,61-,62+,64-,65-,71-/m0/s1. The van der Waals surface area contributed by atoms with Gasteiger partial charge < -0.3 is 105 Å². The van der Waals surface area contributed by atoms with E-state index in [1.807, 2.05) is 22.8 Å². The molecule has 1 saturated carbocycles. The van der Waals surface area contributed by atoms with Crippen LogP contribution >= 0.6 is 23.4 Å². The largest absolute Gasteiger partial charge is 0.481 e. The summed E-state index contributed by atoms with van der Waals surface area (Å²) in [5, 5.41) is 46.1. The monoisotopic (exact) mass is 1740 g/mol. The number of nitrogens with one attached hydrogen (secondary N) is 9. The van der Waals surface area contributed by atoms with E-state index in [4.69, 9.17) is 34.5 Å². The number of halogens is 1. The molecular weight excluding hydrogens is 1630 g/mol. The molecule has 10 atom stereocenters. The van der Waals surface area contributed by atoms with Crippen LogP contribution < -0.4 is 70.8 Å². The Kier molecular flexibility index (Phi) is 34.7. The summed E-state index contributed by atoms with van der Waals surface area (Å²) in [6, 6.07) is 5.25. The average Bonchev–Trinajstić information content (AvgIpc) is 1.59. The number of urea groups is 1. The van der Waals surface area contributed by atoms with Gasteiger partial charge in [-0.25, -0.2) is 4.79 Å². The Balaban J connectivity index is 1.13. The number of para-hydroxylation sites is 2. The quantitative estimate of drug-likeness (QED) is 0.0278. The minimum absolute atomic E-state index is 0.0534. The van der Waals surface area contributed by atoms with Crippen LogP contribution in [0.5, 0.6) is 0 Å². The number of likely N-dealkylation sites (N-methyl/N-ethyl adjacent to an activating group) is 2. The van der Waals surface area contributed by atoms with Crippen molar-refractivity contribution in [3.8, 4) is 0 Å². The van der Waals surface area contributed by atoms with Crippen LogP contribution in [0.25, 0.3) is 21.8 Å². The lowest BCUT2D eigenvalue weighted by Crippen LogP contribution is -2.62. The maximum absolute atomic E-state index is 15.8. The van der Waals surface area contributed by atoms with Gasteiger partial charge in [-0.1, -0.05) is 66.6 Å². The Labute approximate surface area is 718 Å². The molecule has 1 unspecified atom stereocenters. The third kappa shape index (κ3) is 26.9. The van der Waals surface area contributed by atoms with Crippen LogP contribution in [0.3, 0.4) is 0 Å². The van der Waals surface area contributed by atoms with Gasteiger partial charge in [-0.2, -0.15) is 0 Å². The first kappa shape index (κ1) is 94.6. The van der Waals surface area contributed by atoms with Crippen LogP contribution in [0.4, 0.5) is 4.79 Å². The summed E-state index contributed by atoms with van der Waals surface area (Å²) in [5.41, 5.74) is 26.6. The molecular formula is C83H109ClN20O18S. The van der Waals surface area contributed by atoms with E-state index in [0.717, 1.165) is 34.1 Å². The molecule has 38 nitrogen and oxygen atoms in total. The van der Waals surface area contributed by atoms with Crippen LogP contribution in [-0.4, -0.2) is 271 Å². The summed E-state index contributed by atoms with van der Waals surface area (Å²) >= 11 is 7.77. The summed E-state index contributed by atoms with van der Waals surface area (Å²) in [4.78, 5) is 238. The first-order valence-electron chi connectivity index (χ1n) is 40.7. The number of carbonyl (C=O) groups is 16. The number of aryl methyl sites for hydroxylation is 2. The van der Waals surface area contributed by atoms with Gasteiger partial charge in [-0.05, 0) is 110 Å². The van der Waals surface area contributed by atoms with Gasteiger partial charge in [0.15, 0.2) is 0 Å². The second kappa shape index (κ2) is 45.1. The van der Waals surface area contributed by atoms with E-state index < -0.39 is 180 Å². The molecule has 2 saturated heterocycles. The molecule has 5 heterocycles. The number of nitrogens with two attached hydrogens (primary N) is 4. The normalized spacial score (nSPS) is 22.4. The SMILES string of the molecule is CN1C(=O)[C@H](CCCC(N)=O)NC(=O)[C@H](C2CCC2)NC(=O)[C@H](CC(N)=O)NC(=O)[C@H](Cc2cccnc2)N(C)C(=O)[C@@H](Cc2cccc(C(N)=O)c2)NC(=O)CSCC(CN)NC(=O)[C@H](Cc2cn(C)c3ccccc23)NC(=O)[C@H](CCCCNC(=O)N2CCN(CC(=O)O)CC2)NC(=O)[C@H](Cc2cn(C)c3c(Cl)cccc23)NC(=O)[C@@H]1CCC(=O)O. The predicted molar refractivity (Wildman–Crippen MR) is 454 cm³/mol. The molecule has 0 radical (unpaired) electrons. The van der Waals surface area contributed by atoms with Crippen molar-refractivity contribution in [1.29, 1.82) is 0 Å². The molecule has 123 heavy (non-hydrogen) atoms. The molecule has 0 spiro atoms. The van der Waals surface area contributed by atoms with Crippen LogP contribution in [0.15, 0.2) is 104 Å². The van der Waals surface area contributed by atoms with E-state index in [2.05, 4.69) is 52.8 Å². The molecule has 3 fully saturated rings. The van der Waals surface area contributed by atoms with Crippen LogP contribution in [0, 0.1) is 5.92 Å². The number of carboxylic acids is 2. The fourth-order valence-electron chi connectivity index (χ4n) is 15.4. The second-order valence-electron chi connectivity index (χ2n) is 31.3. The number of primary amides is 3. The van der Waals surface area contributed by atoms with Crippen LogP contribution in [0.1, 0.15) is 110 Å². The molecule has 40 heteroatoms. The van der Waals surface area contributed by atoms with E-state index in [1.165, 1.54) is 42.5 Å². The highest BCUT2D eigenvalue weighted by atomic mass is 35.5. The van der Waals surface area contributed by atoms with Gasteiger partial charge in [-0.15, -0.1) is 11.8 Å². The van der Waals surface area contributed by atoms with Gasteiger partial charge in [-0.3, -0.25) is 81.8 Å². The maximum atomic E-state index is 15.8. The molecule has 3 aromatic carbocycles. The number of nitrogens with zero attached hydrogens (tertiary/aromatic N) is 7. The molecule has 9 rings (SSSR count). The van der Waals surface area contributed by atoms with Crippen molar-refractivity contribution >= 4 is 140 Å². The van der Waals surface area contributed by atoms with E-state index in [-0.39, 0.29) is 114 Å². The molecule has 15 amide bonds. The van der Waals surface area contributed by atoms with Gasteiger partial charge in [0.25, 0.3) is 0 Å². The zero-order valence-corrected chi connectivity index (χ0v) is 70.6. The molecule has 3 aliphatic rings. The van der Waals surface area contributed by atoms with Crippen molar-refractivity contribution in [3.63, 3.8) is 0 Å². The Morgan fingerprint density at radius 1 is 0.561 bits per heavy atom. The van der Waals surface area contributed by atoms with Crippen molar-refractivity contribution in [2.45, 2.75) is 163 Å². The Morgan fingerprint density at radius 2 is 1.16 bits per heavy atom. The molecule has 19 N–H and O–H groups in total. The topological polar surface area (TPSA) is 562 Å². The Morgan fingerprint density at radius 3 is 1.82 bits per heavy atom. The first-order chi connectivity index (χ1) is 58.7. The van der Waals surface area contributed by atoms with Gasteiger partial charge in [0.2, 0.25) is 76.8 Å². The third-order valence-electron chi connectivity index (χ3n) is 22.2. The number of amides is 15. The lowest BCUT2D eigenvalue weighted by Gasteiger charge is -2.36. The van der Waals surface area contributed by atoms with E-state index in [1.54, 1.807) is 78.4 Å². The van der Waals surface area contributed by atoms with E-state index in [0.29, 0.717) is 75.9 Å². The van der Waals surface area contributed by atoms with Gasteiger partial charge in [0.05, 0.1) is 35.3 Å². The summed E-state index contributed by atoms with van der Waals surface area (Å²) in [6.45, 7) is 0.714. The van der Waals surface area contributed by atoms with Crippen LogP contribution in [-0.2, 0) is 107 Å². The summed E-state index contributed by atoms with van der Waals surface area (Å²) in [6.07, 6.45) is 3.37. The number of unbranched alkanes of at least 4 members (excludes halogenated alkanes) is 1. The van der Waals surface area contributed by atoms with Crippen molar-refractivity contribution in [2.75, 3.05) is 71.4 Å². The number of hydrogen-bond acceptors (Lipinski definition) is 20. The molecule has 662 valence electrons. The number of rotatable bonds is 27. The zero-order valence-electron chi connectivity index (χ0n) is 69.0. The number of aliphatic carboxylic acids is 2. The molecule has 0 bridgehead atoms. The van der Waals surface area contributed by atoms with Crippen molar-refractivity contribution < 1.29 is 86.9 Å². The van der Waals surface area contributed by atoms with Crippen molar-refractivity contribution in [2.24, 2.45) is 42.9 Å². The van der Waals surface area contributed by atoms with Gasteiger partial charge >= 0.3 is 18.0 Å². The number of piperazine rings is 1. The number of carboxylic acid groups (broad SMARTS) is 2. The first-order valence-corrected chi connectivity index (χ1v) is 42.2. The van der Waals surface area contributed by atoms with Gasteiger partial charge in [0, 0.05) is 158 Å². The Hall–Kier alpha value is -12.2. The smallest absolute Gasteiger partial charge is 0.317 e. The maximum Gasteiger partial charge on any atom is 0.317 e. The number of fused-ring (bicyclic) bond motifs is 2. The number of pyridine rings is 1. The summed E-state index contributed by atoms with van der Waals surface area (Å²) in [5.74, 6) is -15.9. The highest BCUT2D eigenvalue weighted by Crippen LogP contribution is 2.32. The van der Waals surface area contributed by atoms with E-state index in [9.17, 15) is 48.6 Å². The number of carbonyl (C=O) groups excluding carboxylic acids is 14. The van der Waals surface area contributed by atoms with Crippen molar-refractivity contribution in [3.05, 3.63) is 136 Å². The predicted octanol–water partition coefficient (Wildman–Crippen LogP) is -0.896. The lowest BCUT2D eigenvalue weighted by atomic mass is 9.79. The zero-order chi connectivity index (χ0) is 89.3. The Bertz CT molecular complexity index is 4860. The number of thioether (sulfide) groups is 1. The highest BCUT2D eigenvalue weighted by Gasteiger charge is 2.43. The molecule has 6 aromatic rings. The fourth-order valence-corrected chi connectivity index (χ4v) is 16.6. The molecule has 2 aliphatic heterocycles. The summed E-state index contributed by atoms with van der Waals surface area (Å²) in [7, 11) is 5.90. The molecule has 3 aromatic heterocycles. The minimum Gasteiger partial charge on any atom is -0.481 e. The van der Waals surface area contributed by atoms with Crippen LogP contribution in [0.2, 0.25) is 5.02 Å². The minimum atomic E-state index is -1.87. The van der Waals surface area contributed by atoms with Crippen molar-refractivity contribution in [1.82, 2.24) is 81.6 Å². The highest BCUT2D eigenvalue weighted by molar-refractivity contribution is 8.00. The third-order valence-corrected chi connectivity index (χ3v) is 23.6. The lowest BCUT2D eigenvalue weighted by molar-refractivity contribution is -0.145. The average molecular weight is 1740 g/mol. The number of benzene rings is 3. The fraction of sp³-hybridized carbons (Fsp3) is 0.482. The second-order valence-corrected chi connectivity index (χ2v) is 32.7. The van der Waals surface area contributed by atoms with E-state index >= 15 is 38.4 Å².